The van der Waals surface area contributed by atoms with Crippen molar-refractivity contribution in [2.45, 2.75) is 97.8 Å². The minimum Gasteiger partial charge on any atom is -0.395 e. The van der Waals surface area contributed by atoms with Crippen LogP contribution in [-0.4, -0.2) is 105 Å². The van der Waals surface area contributed by atoms with Crippen molar-refractivity contribution in [1.29, 1.82) is 0 Å². The summed E-state index contributed by atoms with van der Waals surface area (Å²) in [4.78, 5) is 2.56. The van der Waals surface area contributed by atoms with Crippen LogP contribution in [0.15, 0.2) is 6.07 Å². The molecule has 4 radical (unpaired) electrons. The van der Waals surface area contributed by atoms with Crippen LogP contribution < -0.4 is 20.6 Å². The van der Waals surface area contributed by atoms with Gasteiger partial charge in [0.25, 0.3) is 0 Å². The summed E-state index contributed by atoms with van der Waals surface area (Å²) in [5.74, 6) is 0. The van der Waals surface area contributed by atoms with Crippen molar-refractivity contribution in [3.63, 3.8) is 0 Å². The Balaban J connectivity index is 3.25. The molecule has 0 aromatic heterocycles. The smallest absolute Gasteiger partial charge is 0.395 e. The molecule has 242 valence electrons. The van der Waals surface area contributed by atoms with E-state index in [9.17, 15) is 0 Å². The van der Waals surface area contributed by atoms with E-state index in [1.807, 2.05) is 0 Å². The maximum absolute atomic E-state index is 6.02. The van der Waals surface area contributed by atoms with Crippen LogP contribution in [0.1, 0.15) is 57.7 Å². The zero-order chi connectivity index (χ0) is 31.9. The molecule has 1 atom stereocenters. The van der Waals surface area contributed by atoms with Crippen LogP contribution in [-0.2, 0) is 28.6 Å². The Hall–Kier alpha value is -0.136. The van der Waals surface area contributed by atoms with E-state index in [4.69, 9.17) is 22.1 Å². The van der Waals surface area contributed by atoms with Crippen LogP contribution in [0, 0.1) is 0 Å². The molecule has 1 aromatic carbocycles. The monoisotopic (exact) mass is 670 g/mol. The van der Waals surface area contributed by atoms with E-state index in [0.717, 1.165) is 67.4 Å². The van der Waals surface area contributed by atoms with E-state index in [1.165, 1.54) is 17.3 Å². The van der Waals surface area contributed by atoms with Gasteiger partial charge in [-0.3, -0.25) is 0 Å². The van der Waals surface area contributed by atoms with Crippen LogP contribution in [0.4, 0.5) is 5.69 Å². The number of nitrogens with zero attached hydrogens (tertiary/aromatic N) is 1. The second kappa shape index (κ2) is 20.1. The van der Waals surface area contributed by atoms with Crippen LogP contribution in [0.25, 0.3) is 0 Å². The highest BCUT2D eigenvalue weighted by molar-refractivity contribution is 6.76. The van der Waals surface area contributed by atoms with Crippen LogP contribution in [0.3, 0.4) is 0 Å². The molecule has 0 aliphatic heterocycles. The summed E-state index contributed by atoms with van der Waals surface area (Å²) >= 11 is 0. The second-order valence-corrected chi connectivity index (χ2v) is 24.4. The van der Waals surface area contributed by atoms with Crippen molar-refractivity contribution in [1.82, 2.24) is 5.32 Å². The molecule has 0 aliphatic rings. The van der Waals surface area contributed by atoms with Gasteiger partial charge >= 0.3 is 17.4 Å². The van der Waals surface area contributed by atoms with Crippen LogP contribution in [0.5, 0.6) is 0 Å². The van der Waals surface area contributed by atoms with Gasteiger partial charge in [-0.25, -0.2) is 0 Å². The van der Waals surface area contributed by atoms with Crippen molar-refractivity contribution >= 4 is 60.5 Å². The van der Waals surface area contributed by atoms with E-state index in [0.29, 0.717) is 0 Å². The standard InChI is InChI=1S/C30H62N2O5Si5/c1-14-32(15-2)29-27(25(5)42(33-6,34-7)35-8)23-28(39(9)10)26(30(29)40(11)12)19-21-38-24-31-20-18-22-41(13,36-16-3)37-17-4/h23,25,31H,14-22,24H2,1-13H3. The van der Waals surface area contributed by atoms with Gasteiger partial charge in [0.05, 0.1) is 32.7 Å². The molecule has 42 heavy (non-hydrogen) atoms. The fourth-order valence-corrected chi connectivity index (χ4v) is 14.6. The highest BCUT2D eigenvalue weighted by Gasteiger charge is 2.47. The lowest BCUT2D eigenvalue weighted by molar-refractivity contribution is 0.114. The molecule has 0 heterocycles. The van der Waals surface area contributed by atoms with Crippen molar-refractivity contribution in [2.24, 2.45) is 0 Å². The molecule has 1 N–H and O–H groups in total. The number of rotatable bonds is 23. The first-order chi connectivity index (χ1) is 20.0. The molecule has 0 aliphatic carbocycles. The van der Waals surface area contributed by atoms with Gasteiger partial charge < -0.3 is 32.3 Å². The van der Waals surface area contributed by atoms with Crippen LogP contribution in [0.2, 0.25) is 44.8 Å². The van der Waals surface area contributed by atoms with E-state index in [-0.39, 0.29) is 5.54 Å². The molecular formula is C30H62N2O5Si5. The lowest BCUT2D eigenvalue weighted by Gasteiger charge is -2.37. The highest BCUT2D eigenvalue weighted by Crippen LogP contribution is 2.35. The molecule has 1 rings (SSSR count). The highest BCUT2D eigenvalue weighted by atomic mass is 28.4. The molecule has 12 heteroatoms. The fraction of sp³-hybridized carbons (Fsp3) is 0.800. The summed E-state index contributed by atoms with van der Waals surface area (Å²) in [6.07, 6.45) is 3.35. The van der Waals surface area contributed by atoms with Crippen LogP contribution >= 0.6 is 0 Å². The van der Waals surface area contributed by atoms with Gasteiger partial charge in [-0.2, -0.15) is 0 Å². The minimum atomic E-state index is -2.89. The number of benzene rings is 1. The third kappa shape index (κ3) is 10.7. The lowest BCUT2D eigenvalue weighted by atomic mass is 10.0. The molecule has 0 saturated heterocycles. The molecule has 0 amide bonds. The lowest BCUT2D eigenvalue weighted by Crippen LogP contribution is -2.51. The average Bonchev–Trinajstić information content (AvgIpc) is 2.96. The van der Waals surface area contributed by atoms with Gasteiger partial charge in [0.1, 0.15) is 0 Å². The summed E-state index contributed by atoms with van der Waals surface area (Å²) in [5, 5.41) is 6.90. The average molecular weight is 671 g/mol. The van der Waals surface area contributed by atoms with Gasteiger partial charge in [0, 0.05) is 53.3 Å². The zero-order valence-electron chi connectivity index (χ0n) is 29.2. The Labute approximate surface area is 267 Å². The summed E-state index contributed by atoms with van der Waals surface area (Å²) < 4.78 is 30.1. The number of nitrogens with one attached hydrogen (secondary N) is 1. The first-order valence-electron chi connectivity index (χ1n) is 15.9. The summed E-state index contributed by atoms with van der Waals surface area (Å²) in [7, 11) is -0.234. The largest absolute Gasteiger partial charge is 0.507 e. The molecular weight excluding hydrogens is 609 g/mol. The molecule has 1 aromatic rings. The fourth-order valence-electron chi connectivity index (χ4n) is 5.97. The Morgan fingerprint density at radius 3 is 1.95 bits per heavy atom. The predicted molar refractivity (Wildman–Crippen MR) is 191 cm³/mol. The van der Waals surface area contributed by atoms with Crippen molar-refractivity contribution in [2.75, 3.05) is 65.2 Å². The predicted octanol–water partition coefficient (Wildman–Crippen LogP) is 4.72. The minimum absolute atomic E-state index is 0.0452. The number of hydrogen-bond acceptors (Lipinski definition) is 7. The van der Waals surface area contributed by atoms with E-state index < -0.39 is 35.0 Å². The maximum atomic E-state index is 6.02. The molecule has 0 spiro atoms. The quantitative estimate of drug-likeness (QED) is 0.134. The molecule has 0 saturated carbocycles. The van der Waals surface area contributed by atoms with E-state index in [1.54, 1.807) is 37.3 Å². The second-order valence-electron chi connectivity index (χ2n) is 11.4. The van der Waals surface area contributed by atoms with Crippen molar-refractivity contribution in [3.8, 4) is 0 Å². The topological polar surface area (TPSA) is 61.4 Å². The Morgan fingerprint density at radius 1 is 0.929 bits per heavy atom. The van der Waals surface area contributed by atoms with Gasteiger partial charge in [-0.1, -0.05) is 50.4 Å². The van der Waals surface area contributed by atoms with Crippen molar-refractivity contribution < 1.29 is 22.1 Å². The van der Waals surface area contributed by atoms with E-state index >= 15 is 0 Å². The zero-order valence-corrected chi connectivity index (χ0v) is 34.2. The molecule has 1 unspecified atom stereocenters. The SMILES string of the molecule is CCO[Si](C)(CCCNC[Si]CCc1c([Si](C)C)cc(C(C)[Si](OC)(OC)OC)c(N(CC)CC)c1[Si](C)C)OCC. The number of hydrogen-bond donors (Lipinski definition) is 1. The summed E-state index contributed by atoms with van der Waals surface area (Å²) in [6.45, 7) is 27.4. The van der Waals surface area contributed by atoms with Gasteiger partial charge in [-0.15, -0.1) is 0 Å². The molecule has 0 bridgehead atoms. The Bertz CT molecular complexity index is 887. The van der Waals surface area contributed by atoms with Gasteiger partial charge in [-0.05, 0) is 82.2 Å². The Kier molecular flexibility index (Phi) is 19.1. The molecule has 0 fully saturated rings. The number of anilines is 1. The van der Waals surface area contributed by atoms with Gasteiger partial charge in [0.15, 0.2) is 0 Å². The maximum Gasteiger partial charge on any atom is 0.507 e. The third-order valence-corrected chi connectivity index (χ3v) is 18.4. The molecule has 7 nitrogen and oxygen atoms in total. The first kappa shape index (κ1) is 39.9. The third-order valence-electron chi connectivity index (χ3n) is 8.09. The Morgan fingerprint density at radius 2 is 1.50 bits per heavy atom. The van der Waals surface area contributed by atoms with Gasteiger partial charge in [0.2, 0.25) is 0 Å². The van der Waals surface area contributed by atoms with E-state index in [2.05, 4.69) is 83.6 Å². The van der Waals surface area contributed by atoms with Crippen molar-refractivity contribution in [3.05, 3.63) is 17.2 Å². The summed E-state index contributed by atoms with van der Waals surface area (Å²) in [6, 6.07) is 4.79. The normalized spacial score (nSPS) is 13.4. The summed E-state index contributed by atoms with van der Waals surface area (Å²) in [5.41, 5.74) is 4.45. The first-order valence-corrected chi connectivity index (χ1v) is 26.6.